The molecule has 0 bridgehead atoms. The van der Waals surface area contributed by atoms with Gasteiger partial charge >= 0.3 is 5.97 Å². The SMILES string of the molecule is CCOC(=O)c1ccc(NCc2cccs2)cc1. The van der Waals surface area contributed by atoms with Gasteiger partial charge in [0.05, 0.1) is 12.2 Å². The van der Waals surface area contributed by atoms with Crippen LogP contribution in [0.5, 0.6) is 0 Å². The molecule has 0 aliphatic heterocycles. The van der Waals surface area contributed by atoms with Crippen LogP contribution in [0.25, 0.3) is 0 Å². The smallest absolute Gasteiger partial charge is 0.338 e. The third-order valence-electron chi connectivity index (χ3n) is 2.44. The van der Waals surface area contributed by atoms with E-state index in [4.69, 9.17) is 4.74 Å². The van der Waals surface area contributed by atoms with E-state index >= 15 is 0 Å². The fourth-order valence-corrected chi connectivity index (χ4v) is 2.19. The molecule has 2 aromatic rings. The van der Waals surface area contributed by atoms with Gasteiger partial charge in [0.2, 0.25) is 0 Å². The average molecular weight is 261 g/mol. The number of hydrogen-bond acceptors (Lipinski definition) is 4. The van der Waals surface area contributed by atoms with Crippen molar-refractivity contribution in [2.75, 3.05) is 11.9 Å². The van der Waals surface area contributed by atoms with Crippen molar-refractivity contribution in [1.82, 2.24) is 0 Å². The van der Waals surface area contributed by atoms with Crippen molar-refractivity contribution < 1.29 is 9.53 Å². The lowest BCUT2D eigenvalue weighted by atomic mass is 10.2. The highest BCUT2D eigenvalue weighted by Crippen LogP contribution is 2.14. The summed E-state index contributed by atoms with van der Waals surface area (Å²) in [4.78, 5) is 12.7. The van der Waals surface area contributed by atoms with Gasteiger partial charge in [-0.25, -0.2) is 4.79 Å². The second kappa shape index (κ2) is 6.21. The lowest BCUT2D eigenvalue weighted by Crippen LogP contribution is -2.04. The standard InChI is InChI=1S/C14H15NO2S/c1-2-17-14(16)11-5-7-12(8-6-11)15-10-13-4-3-9-18-13/h3-9,15H,2,10H2,1H3. The molecule has 0 aliphatic rings. The lowest BCUT2D eigenvalue weighted by molar-refractivity contribution is 0.0526. The minimum atomic E-state index is -0.276. The molecular formula is C14H15NO2S. The highest BCUT2D eigenvalue weighted by atomic mass is 32.1. The van der Waals surface area contributed by atoms with Crippen LogP contribution in [-0.2, 0) is 11.3 Å². The van der Waals surface area contributed by atoms with Crippen molar-refractivity contribution in [3.05, 3.63) is 52.2 Å². The van der Waals surface area contributed by atoms with E-state index < -0.39 is 0 Å². The van der Waals surface area contributed by atoms with Crippen LogP contribution in [0.4, 0.5) is 5.69 Å². The summed E-state index contributed by atoms with van der Waals surface area (Å²) < 4.78 is 4.93. The number of ether oxygens (including phenoxy) is 1. The fraction of sp³-hybridized carbons (Fsp3) is 0.214. The van der Waals surface area contributed by atoms with Crippen LogP contribution < -0.4 is 5.32 Å². The Kier molecular flexibility index (Phi) is 4.36. The highest BCUT2D eigenvalue weighted by Gasteiger charge is 2.05. The Labute approximate surface area is 110 Å². The number of carbonyl (C=O) groups is 1. The van der Waals surface area contributed by atoms with E-state index in [2.05, 4.69) is 16.8 Å². The van der Waals surface area contributed by atoms with Crippen LogP contribution in [0.15, 0.2) is 41.8 Å². The molecule has 3 nitrogen and oxygen atoms in total. The second-order valence-corrected chi connectivity index (χ2v) is 4.76. The first-order valence-electron chi connectivity index (χ1n) is 5.83. The first-order chi connectivity index (χ1) is 8.79. The summed E-state index contributed by atoms with van der Waals surface area (Å²) in [5.74, 6) is -0.276. The van der Waals surface area contributed by atoms with Gasteiger partial charge in [-0.05, 0) is 42.6 Å². The van der Waals surface area contributed by atoms with E-state index in [0.29, 0.717) is 12.2 Å². The number of nitrogens with one attached hydrogen (secondary N) is 1. The molecule has 1 N–H and O–H groups in total. The summed E-state index contributed by atoms with van der Waals surface area (Å²) in [7, 11) is 0. The van der Waals surface area contributed by atoms with Crippen molar-refractivity contribution in [2.24, 2.45) is 0 Å². The fourth-order valence-electron chi connectivity index (χ4n) is 1.54. The summed E-state index contributed by atoms with van der Waals surface area (Å²) in [6.45, 7) is 3.00. The van der Waals surface area contributed by atoms with Crippen LogP contribution >= 0.6 is 11.3 Å². The molecular weight excluding hydrogens is 246 g/mol. The minimum Gasteiger partial charge on any atom is -0.462 e. The molecule has 1 aromatic carbocycles. The largest absolute Gasteiger partial charge is 0.462 e. The Morgan fingerprint density at radius 3 is 2.67 bits per heavy atom. The van der Waals surface area contributed by atoms with Crippen LogP contribution in [0.3, 0.4) is 0 Å². The number of hydrogen-bond donors (Lipinski definition) is 1. The first-order valence-corrected chi connectivity index (χ1v) is 6.71. The normalized spacial score (nSPS) is 10.1. The number of benzene rings is 1. The van der Waals surface area contributed by atoms with Crippen LogP contribution in [0, 0.1) is 0 Å². The molecule has 18 heavy (non-hydrogen) atoms. The van der Waals surface area contributed by atoms with Gasteiger partial charge in [0.25, 0.3) is 0 Å². The quantitative estimate of drug-likeness (QED) is 0.837. The number of carbonyl (C=O) groups excluding carboxylic acids is 1. The van der Waals surface area contributed by atoms with E-state index in [1.807, 2.05) is 18.2 Å². The van der Waals surface area contributed by atoms with Gasteiger partial charge in [-0.15, -0.1) is 11.3 Å². The van der Waals surface area contributed by atoms with Crippen molar-refractivity contribution in [3.63, 3.8) is 0 Å². The zero-order valence-electron chi connectivity index (χ0n) is 10.2. The Morgan fingerprint density at radius 1 is 1.28 bits per heavy atom. The summed E-state index contributed by atoms with van der Waals surface area (Å²) in [5, 5.41) is 5.36. The van der Waals surface area contributed by atoms with Gasteiger partial charge in [0.1, 0.15) is 0 Å². The maximum absolute atomic E-state index is 11.5. The average Bonchev–Trinajstić information content (AvgIpc) is 2.90. The summed E-state index contributed by atoms with van der Waals surface area (Å²) in [6.07, 6.45) is 0. The number of esters is 1. The van der Waals surface area contributed by atoms with E-state index in [0.717, 1.165) is 12.2 Å². The maximum atomic E-state index is 11.5. The summed E-state index contributed by atoms with van der Waals surface area (Å²) >= 11 is 1.72. The molecule has 1 aromatic heterocycles. The first kappa shape index (κ1) is 12.6. The van der Waals surface area contributed by atoms with Gasteiger partial charge in [-0.1, -0.05) is 6.07 Å². The molecule has 4 heteroatoms. The second-order valence-electron chi connectivity index (χ2n) is 3.73. The maximum Gasteiger partial charge on any atom is 0.338 e. The third-order valence-corrected chi connectivity index (χ3v) is 3.32. The van der Waals surface area contributed by atoms with Gasteiger partial charge in [0, 0.05) is 17.1 Å². The molecule has 0 fully saturated rings. The zero-order valence-corrected chi connectivity index (χ0v) is 11.0. The summed E-state index contributed by atoms with van der Waals surface area (Å²) in [5.41, 5.74) is 1.58. The van der Waals surface area contributed by atoms with Gasteiger partial charge in [-0.3, -0.25) is 0 Å². The molecule has 0 atom stereocenters. The van der Waals surface area contributed by atoms with E-state index in [9.17, 15) is 4.79 Å². The van der Waals surface area contributed by atoms with Crippen molar-refractivity contribution in [2.45, 2.75) is 13.5 Å². The molecule has 0 saturated carbocycles. The van der Waals surface area contributed by atoms with E-state index in [1.54, 1.807) is 30.4 Å². The Balaban J connectivity index is 1.93. The Bertz CT molecular complexity index is 491. The zero-order chi connectivity index (χ0) is 12.8. The monoisotopic (exact) mass is 261 g/mol. The molecule has 2 rings (SSSR count). The highest BCUT2D eigenvalue weighted by molar-refractivity contribution is 7.09. The molecule has 94 valence electrons. The van der Waals surface area contributed by atoms with Gasteiger partial charge < -0.3 is 10.1 Å². The third kappa shape index (κ3) is 3.34. The van der Waals surface area contributed by atoms with E-state index in [1.165, 1.54) is 4.88 Å². The lowest BCUT2D eigenvalue weighted by Gasteiger charge is -2.06. The van der Waals surface area contributed by atoms with Crippen LogP contribution in [0.2, 0.25) is 0 Å². The Hall–Kier alpha value is -1.81. The van der Waals surface area contributed by atoms with Crippen molar-refractivity contribution >= 4 is 23.0 Å². The number of rotatable bonds is 5. The molecule has 0 saturated heterocycles. The molecule has 0 spiro atoms. The molecule has 0 unspecified atom stereocenters. The summed E-state index contributed by atoms with van der Waals surface area (Å²) in [6, 6.07) is 11.4. The van der Waals surface area contributed by atoms with Crippen LogP contribution in [-0.4, -0.2) is 12.6 Å². The number of anilines is 1. The van der Waals surface area contributed by atoms with Gasteiger partial charge in [0.15, 0.2) is 0 Å². The predicted molar refractivity (Wildman–Crippen MR) is 74.0 cm³/mol. The van der Waals surface area contributed by atoms with Gasteiger partial charge in [-0.2, -0.15) is 0 Å². The van der Waals surface area contributed by atoms with Crippen molar-refractivity contribution in [3.8, 4) is 0 Å². The van der Waals surface area contributed by atoms with Crippen LogP contribution in [0.1, 0.15) is 22.2 Å². The number of thiophene rings is 1. The predicted octanol–water partition coefficient (Wildman–Crippen LogP) is 3.54. The molecule has 0 aliphatic carbocycles. The molecule has 0 radical (unpaired) electrons. The molecule has 0 amide bonds. The topological polar surface area (TPSA) is 38.3 Å². The Morgan fingerprint density at radius 2 is 2.06 bits per heavy atom. The van der Waals surface area contributed by atoms with Crippen molar-refractivity contribution in [1.29, 1.82) is 0 Å². The van der Waals surface area contributed by atoms with E-state index in [-0.39, 0.29) is 5.97 Å². The molecule has 1 heterocycles. The minimum absolute atomic E-state index is 0.276.